The lowest BCUT2D eigenvalue weighted by molar-refractivity contribution is -0.0318. The van der Waals surface area contributed by atoms with Crippen LogP contribution in [-0.4, -0.2) is 26.1 Å². The highest BCUT2D eigenvalue weighted by Gasteiger charge is 2.30. The molecule has 2 aromatic carbocycles. The van der Waals surface area contributed by atoms with Gasteiger partial charge in [0.25, 0.3) is 0 Å². The predicted molar refractivity (Wildman–Crippen MR) is 126 cm³/mol. The molecule has 162 valence electrons. The molecule has 6 rings (SSSR count). The summed E-state index contributed by atoms with van der Waals surface area (Å²) in [6.07, 6.45) is 8.24. The summed E-state index contributed by atoms with van der Waals surface area (Å²) in [5.74, 6) is 2.35. The molecule has 1 unspecified atom stereocenters. The fraction of sp³-hybridized carbons (Fsp3) is 0.370. The van der Waals surface area contributed by atoms with Crippen LogP contribution in [0.4, 0.5) is 0 Å². The van der Waals surface area contributed by atoms with Crippen LogP contribution in [-0.2, 0) is 4.74 Å². The molecule has 1 saturated heterocycles. The number of hydrogen-bond donors (Lipinski definition) is 0. The second kappa shape index (κ2) is 8.47. The summed E-state index contributed by atoms with van der Waals surface area (Å²) in [5.41, 5.74) is 4.80. The van der Waals surface area contributed by atoms with E-state index in [1.165, 1.54) is 32.1 Å². The third kappa shape index (κ3) is 3.51. The minimum Gasteiger partial charge on any atom is -0.358 e. The van der Waals surface area contributed by atoms with Crippen LogP contribution in [0, 0.1) is 0 Å². The monoisotopic (exact) mass is 424 g/mol. The molecule has 0 amide bonds. The molecule has 5 nitrogen and oxygen atoms in total. The molecule has 1 atom stereocenters. The summed E-state index contributed by atoms with van der Waals surface area (Å²) in [6, 6.07) is 20.6. The first-order valence-corrected chi connectivity index (χ1v) is 11.9. The van der Waals surface area contributed by atoms with E-state index in [2.05, 4.69) is 41.0 Å². The summed E-state index contributed by atoms with van der Waals surface area (Å²) in [4.78, 5) is 15.4. The summed E-state index contributed by atoms with van der Waals surface area (Å²) in [6.45, 7) is 0.802. The first-order valence-electron chi connectivity index (χ1n) is 11.9. The van der Waals surface area contributed by atoms with Crippen molar-refractivity contribution in [3.05, 3.63) is 66.5 Å². The Morgan fingerprint density at radius 2 is 1.41 bits per heavy atom. The zero-order chi connectivity index (χ0) is 21.3. The van der Waals surface area contributed by atoms with Crippen molar-refractivity contribution in [2.45, 2.75) is 57.1 Å². The van der Waals surface area contributed by atoms with Crippen molar-refractivity contribution in [2.75, 3.05) is 6.61 Å². The first-order chi connectivity index (χ1) is 15.9. The van der Waals surface area contributed by atoms with Crippen molar-refractivity contribution in [1.82, 2.24) is 19.5 Å². The van der Waals surface area contributed by atoms with E-state index in [-0.39, 0.29) is 6.23 Å². The van der Waals surface area contributed by atoms with Crippen molar-refractivity contribution < 1.29 is 4.74 Å². The number of nitrogens with zero attached hydrogens (tertiary/aromatic N) is 4. The number of benzene rings is 2. The van der Waals surface area contributed by atoms with Crippen LogP contribution in [0.25, 0.3) is 33.8 Å². The van der Waals surface area contributed by atoms with E-state index in [1.54, 1.807) is 0 Å². The second-order valence-electron chi connectivity index (χ2n) is 8.94. The Morgan fingerprint density at radius 3 is 2.09 bits per heavy atom. The number of fused-ring (bicyclic) bond motifs is 1. The molecule has 1 saturated carbocycles. The molecular formula is C27H28N4O. The van der Waals surface area contributed by atoms with E-state index < -0.39 is 0 Å². The van der Waals surface area contributed by atoms with Crippen LogP contribution in [0.3, 0.4) is 0 Å². The van der Waals surface area contributed by atoms with E-state index >= 15 is 0 Å². The highest BCUT2D eigenvalue weighted by Crippen LogP contribution is 2.40. The van der Waals surface area contributed by atoms with Gasteiger partial charge in [-0.25, -0.2) is 15.0 Å². The Kier molecular flexibility index (Phi) is 5.19. The van der Waals surface area contributed by atoms with Gasteiger partial charge in [0, 0.05) is 23.7 Å². The van der Waals surface area contributed by atoms with Gasteiger partial charge in [-0.05, 0) is 32.1 Å². The van der Waals surface area contributed by atoms with Gasteiger partial charge >= 0.3 is 0 Å². The number of imidazole rings is 1. The molecule has 2 aliphatic rings. The maximum atomic E-state index is 6.28. The quantitative estimate of drug-likeness (QED) is 0.374. The minimum absolute atomic E-state index is 0.00602. The lowest BCUT2D eigenvalue weighted by atomic mass is 10.1. The lowest BCUT2D eigenvalue weighted by Gasteiger charge is -2.27. The van der Waals surface area contributed by atoms with Gasteiger partial charge in [-0.15, -0.1) is 0 Å². The van der Waals surface area contributed by atoms with Gasteiger partial charge in [-0.2, -0.15) is 0 Å². The summed E-state index contributed by atoms with van der Waals surface area (Å²) in [5, 5.41) is 0. The van der Waals surface area contributed by atoms with Crippen molar-refractivity contribution in [3.63, 3.8) is 0 Å². The van der Waals surface area contributed by atoms with Crippen molar-refractivity contribution in [3.8, 4) is 22.6 Å². The van der Waals surface area contributed by atoms with E-state index in [0.29, 0.717) is 5.92 Å². The minimum atomic E-state index is 0.00602. The Bertz CT molecular complexity index is 1210. The molecule has 0 N–H and O–H groups in total. The molecule has 0 spiro atoms. The van der Waals surface area contributed by atoms with E-state index in [1.807, 2.05) is 24.3 Å². The largest absolute Gasteiger partial charge is 0.358 e. The average Bonchev–Trinajstić information content (AvgIpc) is 3.53. The van der Waals surface area contributed by atoms with Crippen LogP contribution in [0.5, 0.6) is 0 Å². The van der Waals surface area contributed by atoms with Gasteiger partial charge in [0.15, 0.2) is 11.5 Å². The predicted octanol–water partition coefficient (Wildman–Crippen LogP) is 6.52. The maximum Gasteiger partial charge on any atom is 0.166 e. The van der Waals surface area contributed by atoms with Gasteiger partial charge in [0.2, 0.25) is 0 Å². The summed E-state index contributed by atoms with van der Waals surface area (Å²) in [7, 11) is 0. The van der Waals surface area contributed by atoms with Crippen molar-refractivity contribution >= 4 is 11.2 Å². The molecule has 2 fully saturated rings. The van der Waals surface area contributed by atoms with Crippen molar-refractivity contribution in [1.29, 1.82) is 0 Å². The number of hydrogen-bond acceptors (Lipinski definition) is 4. The molecule has 32 heavy (non-hydrogen) atoms. The first kappa shape index (κ1) is 19.6. The number of rotatable bonds is 4. The van der Waals surface area contributed by atoms with Crippen LogP contribution in [0.1, 0.15) is 62.9 Å². The second-order valence-corrected chi connectivity index (χ2v) is 8.94. The SMILES string of the molecule is c1ccc(-c2nc(-c3ccccc3)c3nc(C4CCCC4)n(C4CCCCO4)c3n2)cc1. The highest BCUT2D eigenvalue weighted by molar-refractivity contribution is 5.89. The Hall–Kier alpha value is -3.05. The molecule has 1 aliphatic heterocycles. The van der Waals surface area contributed by atoms with E-state index in [0.717, 1.165) is 59.1 Å². The van der Waals surface area contributed by atoms with Crippen LogP contribution >= 0.6 is 0 Å². The Morgan fingerprint density at radius 1 is 0.719 bits per heavy atom. The third-order valence-corrected chi connectivity index (χ3v) is 6.81. The molecule has 0 bridgehead atoms. The topological polar surface area (TPSA) is 52.8 Å². The molecule has 2 aromatic heterocycles. The van der Waals surface area contributed by atoms with Crippen LogP contribution < -0.4 is 0 Å². The number of aromatic nitrogens is 4. The lowest BCUT2D eigenvalue weighted by Crippen LogP contribution is -2.21. The molecule has 5 heteroatoms. The molecule has 4 aromatic rings. The normalized spacial score (nSPS) is 19.6. The van der Waals surface area contributed by atoms with Gasteiger partial charge in [0.1, 0.15) is 23.3 Å². The average molecular weight is 425 g/mol. The maximum absolute atomic E-state index is 6.28. The summed E-state index contributed by atoms with van der Waals surface area (Å²) < 4.78 is 8.61. The third-order valence-electron chi connectivity index (χ3n) is 6.81. The fourth-order valence-corrected chi connectivity index (χ4v) is 5.19. The van der Waals surface area contributed by atoms with Crippen LogP contribution in [0.2, 0.25) is 0 Å². The Balaban J connectivity index is 1.63. The Labute approximate surface area is 188 Å². The zero-order valence-electron chi connectivity index (χ0n) is 18.3. The number of ether oxygens (including phenoxy) is 1. The smallest absolute Gasteiger partial charge is 0.166 e. The van der Waals surface area contributed by atoms with Gasteiger partial charge < -0.3 is 4.74 Å². The highest BCUT2D eigenvalue weighted by atomic mass is 16.5. The summed E-state index contributed by atoms with van der Waals surface area (Å²) >= 11 is 0. The molecule has 3 heterocycles. The van der Waals surface area contributed by atoms with E-state index in [4.69, 9.17) is 19.7 Å². The van der Waals surface area contributed by atoms with Gasteiger partial charge in [-0.1, -0.05) is 73.5 Å². The van der Waals surface area contributed by atoms with Crippen molar-refractivity contribution in [2.24, 2.45) is 0 Å². The zero-order valence-corrected chi connectivity index (χ0v) is 18.3. The fourth-order valence-electron chi connectivity index (χ4n) is 5.19. The molecule has 0 radical (unpaired) electrons. The van der Waals surface area contributed by atoms with Crippen LogP contribution in [0.15, 0.2) is 60.7 Å². The standard InChI is InChI=1S/C27H28N4O/c1-3-11-19(12-4-1)23-24-27(30-25(28-23)20-13-5-2-6-14-20)31(22-17-9-10-18-32-22)26(29-24)21-15-7-8-16-21/h1-6,11-14,21-22H,7-10,15-18H2. The van der Waals surface area contributed by atoms with E-state index in [9.17, 15) is 0 Å². The van der Waals surface area contributed by atoms with Gasteiger partial charge in [-0.3, -0.25) is 4.57 Å². The van der Waals surface area contributed by atoms with Gasteiger partial charge in [0.05, 0.1) is 0 Å². The molecular weight excluding hydrogens is 396 g/mol. The molecule has 1 aliphatic carbocycles.